The van der Waals surface area contributed by atoms with Crippen molar-refractivity contribution in [1.82, 2.24) is 5.16 Å². The predicted molar refractivity (Wildman–Crippen MR) is 61.0 cm³/mol. The number of rotatable bonds is 3. The lowest BCUT2D eigenvalue weighted by Gasteiger charge is -2.26. The first kappa shape index (κ1) is 11.6. The maximum Gasteiger partial charge on any atom is 0.139 e. The highest BCUT2D eigenvalue weighted by Crippen LogP contribution is 2.22. The molecular weight excluding hydrogens is 204 g/mol. The number of hydrogen-bond acceptors (Lipinski definition) is 4. The van der Waals surface area contributed by atoms with Crippen molar-refractivity contribution in [2.75, 3.05) is 0 Å². The molecule has 2 atom stereocenters. The van der Waals surface area contributed by atoms with Gasteiger partial charge in [0.25, 0.3) is 0 Å². The molecule has 4 nitrogen and oxygen atoms in total. The molecule has 0 aromatic carbocycles. The molecule has 2 unspecified atom stereocenters. The highest BCUT2D eigenvalue weighted by Gasteiger charge is 2.20. The van der Waals surface area contributed by atoms with Gasteiger partial charge in [-0.1, -0.05) is 5.16 Å². The second-order valence-electron chi connectivity index (χ2n) is 4.66. The molecule has 1 aliphatic rings. The molecule has 0 spiro atoms. The van der Waals surface area contributed by atoms with E-state index in [1.54, 1.807) is 0 Å². The van der Waals surface area contributed by atoms with E-state index in [1.807, 2.05) is 13.8 Å². The number of nitrogens with two attached hydrogens (primary N) is 1. The van der Waals surface area contributed by atoms with Gasteiger partial charge in [0.1, 0.15) is 5.76 Å². The smallest absolute Gasteiger partial charge is 0.139 e. The van der Waals surface area contributed by atoms with Crippen LogP contribution in [0.25, 0.3) is 0 Å². The molecule has 1 fully saturated rings. The Bertz CT molecular complexity index is 329. The molecule has 1 aromatic rings. The molecule has 0 radical (unpaired) electrons. The summed E-state index contributed by atoms with van der Waals surface area (Å²) in [4.78, 5) is 0. The van der Waals surface area contributed by atoms with Gasteiger partial charge in [-0.25, -0.2) is 0 Å². The predicted octanol–water partition coefficient (Wildman–Crippen LogP) is 2.08. The van der Waals surface area contributed by atoms with E-state index in [0.717, 1.165) is 36.3 Å². The van der Waals surface area contributed by atoms with Gasteiger partial charge in [0, 0.05) is 11.6 Å². The Labute approximate surface area is 96.1 Å². The van der Waals surface area contributed by atoms with E-state index in [4.69, 9.17) is 15.0 Å². The van der Waals surface area contributed by atoms with E-state index < -0.39 is 0 Å². The molecule has 0 amide bonds. The first-order valence-corrected chi connectivity index (χ1v) is 5.95. The van der Waals surface area contributed by atoms with Crippen LogP contribution in [0.2, 0.25) is 0 Å². The van der Waals surface area contributed by atoms with Gasteiger partial charge < -0.3 is 15.0 Å². The van der Waals surface area contributed by atoms with Gasteiger partial charge in [-0.2, -0.15) is 0 Å². The zero-order valence-corrected chi connectivity index (χ0v) is 10.0. The summed E-state index contributed by atoms with van der Waals surface area (Å²) in [6, 6.07) is 0.309. The molecule has 0 aliphatic heterocycles. The topological polar surface area (TPSA) is 61.3 Å². The van der Waals surface area contributed by atoms with Crippen LogP contribution in [0.1, 0.15) is 42.7 Å². The Hall–Kier alpha value is -0.870. The average molecular weight is 224 g/mol. The Morgan fingerprint density at radius 2 is 2.25 bits per heavy atom. The molecular formula is C12H20N2O2. The number of nitrogens with zero attached hydrogens (tertiary/aromatic N) is 1. The third kappa shape index (κ3) is 2.62. The van der Waals surface area contributed by atoms with E-state index in [1.165, 1.54) is 6.42 Å². The van der Waals surface area contributed by atoms with E-state index in [0.29, 0.717) is 18.8 Å². The molecule has 0 bridgehead atoms. The van der Waals surface area contributed by atoms with E-state index in [9.17, 15) is 0 Å². The largest absolute Gasteiger partial charge is 0.373 e. The summed E-state index contributed by atoms with van der Waals surface area (Å²) < 4.78 is 11.0. The molecule has 16 heavy (non-hydrogen) atoms. The molecule has 1 aromatic heterocycles. The van der Waals surface area contributed by atoms with Crippen molar-refractivity contribution >= 4 is 0 Å². The summed E-state index contributed by atoms with van der Waals surface area (Å²) in [5, 5.41) is 3.92. The summed E-state index contributed by atoms with van der Waals surface area (Å²) in [5.41, 5.74) is 7.93. The summed E-state index contributed by atoms with van der Waals surface area (Å²) in [7, 11) is 0. The Morgan fingerprint density at radius 3 is 2.88 bits per heavy atom. The lowest BCUT2D eigenvalue weighted by atomic mass is 9.93. The van der Waals surface area contributed by atoms with Crippen LogP contribution in [-0.4, -0.2) is 17.3 Å². The minimum Gasteiger partial charge on any atom is -0.373 e. The fourth-order valence-corrected chi connectivity index (χ4v) is 2.24. The van der Waals surface area contributed by atoms with Crippen molar-refractivity contribution in [3.8, 4) is 0 Å². The summed E-state index contributed by atoms with van der Waals surface area (Å²) in [5.74, 6) is 0.859. The zero-order valence-electron chi connectivity index (χ0n) is 10.0. The SMILES string of the molecule is Cc1noc(C)c1COC1CCCC(N)C1. The van der Waals surface area contributed by atoms with Crippen molar-refractivity contribution in [3.05, 3.63) is 17.0 Å². The van der Waals surface area contributed by atoms with Crippen molar-refractivity contribution < 1.29 is 9.26 Å². The zero-order chi connectivity index (χ0) is 11.5. The van der Waals surface area contributed by atoms with Crippen LogP contribution in [0, 0.1) is 13.8 Å². The Morgan fingerprint density at radius 1 is 1.44 bits per heavy atom. The van der Waals surface area contributed by atoms with Gasteiger partial charge in [-0.15, -0.1) is 0 Å². The molecule has 2 N–H and O–H groups in total. The Balaban J connectivity index is 1.87. The van der Waals surface area contributed by atoms with Gasteiger partial charge in [0.15, 0.2) is 0 Å². The highest BCUT2D eigenvalue weighted by atomic mass is 16.5. The van der Waals surface area contributed by atoms with Gasteiger partial charge >= 0.3 is 0 Å². The first-order chi connectivity index (χ1) is 7.66. The highest BCUT2D eigenvalue weighted by molar-refractivity contribution is 5.19. The van der Waals surface area contributed by atoms with Crippen molar-refractivity contribution in [3.63, 3.8) is 0 Å². The lowest BCUT2D eigenvalue weighted by Crippen LogP contribution is -2.32. The molecule has 0 saturated heterocycles. The fraction of sp³-hybridized carbons (Fsp3) is 0.750. The second kappa shape index (κ2) is 4.97. The van der Waals surface area contributed by atoms with E-state index in [-0.39, 0.29) is 0 Å². The third-order valence-corrected chi connectivity index (χ3v) is 3.31. The molecule has 1 heterocycles. The van der Waals surface area contributed by atoms with Gasteiger partial charge in [0.2, 0.25) is 0 Å². The normalized spacial score (nSPS) is 25.9. The summed E-state index contributed by atoms with van der Waals surface area (Å²) in [6.45, 7) is 4.46. The third-order valence-electron chi connectivity index (χ3n) is 3.31. The first-order valence-electron chi connectivity index (χ1n) is 5.95. The second-order valence-corrected chi connectivity index (χ2v) is 4.66. The molecule has 1 saturated carbocycles. The number of aryl methyl sites for hydroxylation is 2. The number of hydrogen-bond donors (Lipinski definition) is 1. The van der Waals surface area contributed by atoms with Crippen LogP contribution >= 0.6 is 0 Å². The Kier molecular flexibility index (Phi) is 3.61. The fourth-order valence-electron chi connectivity index (χ4n) is 2.24. The van der Waals surface area contributed by atoms with Crippen LogP contribution in [0.5, 0.6) is 0 Å². The van der Waals surface area contributed by atoms with Crippen LogP contribution in [-0.2, 0) is 11.3 Å². The van der Waals surface area contributed by atoms with Gasteiger partial charge in [0.05, 0.1) is 18.4 Å². The summed E-state index contributed by atoms with van der Waals surface area (Å²) >= 11 is 0. The van der Waals surface area contributed by atoms with Crippen molar-refractivity contribution in [2.24, 2.45) is 5.73 Å². The van der Waals surface area contributed by atoms with Crippen LogP contribution in [0.4, 0.5) is 0 Å². The molecule has 1 aliphatic carbocycles. The van der Waals surface area contributed by atoms with Crippen LogP contribution in [0.3, 0.4) is 0 Å². The molecule has 90 valence electrons. The number of ether oxygens (including phenoxy) is 1. The van der Waals surface area contributed by atoms with Crippen LogP contribution < -0.4 is 5.73 Å². The van der Waals surface area contributed by atoms with E-state index in [2.05, 4.69) is 5.16 Å². The quantitative estimate of drug-likeness (QED) is 0.853. The lowest BCUT2D eigenvalue weighted by molar-refractivity contribution is 0.0116. The van der Waals surface area contributed by atoms with Crippen molar-refractivity contribution in [1.29, 1.82) is 0 Å². The van der Waals surface area contributed by atoms with Crippen LogP contribution in [0.15, 0.2) is 4.52 Å². The maximum absolute atomic E-state index is 5.92. The van der Waals surface area contributed by atoms with Gasteiger partial charge in [-0.3, -0.25) is 0 Å². The summed E-state index contributed by atoms with van der Waals surface area (Å²) in [6.07, 6.45) is 4.71. The maximum atomic E-state index is 5.92. The molecule has 2 rings (SSSR count). The monoisotopic (exact) mass is 224 g/mol. The minimum absolute atomic E-state index is 0.303. The minimum atomic E-state index is 0.303. The van der Waals surface area contributed by atoms with Gasteiger partial charge in [-0.05, 0) is 39.5 Å². The standard InChI is InChI=1S/C12H20N2O2/c1-8-12(9(2)16-14-8)7-15-11-5-3-4-10(13)6-11/h10-11H,3-7,13H2,1-2H3. The number of aromatic nitrogens is 1. The molecule has 4 heteroatoms. The average Bonchev–Trinajstić information content (AvgIpc) is 2.56. The van der Waals surface area contributed by atoms with E-state index >= 15 is 0 Å². The van der Waals surface area contributed by atoms with Crippen molar-refractivity contribution in [2.45, 2.75) is 58.3 Å².